The van der Waals surface area contributed by atoms with Crippen LogP contribution in [0.4, 0.5) is 0 Å². The van der Waals surface area contributed by atoms with Gasteiger partial charge < -0.3 is 4.55 Å². The van der Waals surface area contributed by atoms with E-state index in [9.17, 15) is 13.0 Å². The molecule has 1 aromatic heterocycles. The van der Waals surface area contributed by atoms with Crippen molar-refractivity contribution >= 4 is 10.1 Å². The molecule has 21 heavy (non-hydrogen) atoms. The highest BCUT2D eigenvalue weighted by molar-refractivity contribution is 7.85. The van der Waals surface area contributed by atoms with Crippen LogP contribution in [-0.4, -0.2) is 13.0 Å². The van der Waals surface area contributed by atoms with Crippen LogP contribution in [0.3, 0.4) is 0 Å². The maximum absolute atomic E-state index is 11.1. The SMILES string of the molecule is O=S(=O)([O-])c1cccc(-c2cc[n+](C3CCCCC3)o2)c1. The Bertz CT molecular complexity index is 730. The molecule has 5 nitrogen and oxygen atoms in total. The normalized spacial score (nSPS) is 17.0. The minimum absolute atomic E-state index is 0.236. The summed E-state index contributed by atoms with van der Waals surface area (Å²) in [6, 6.07) is 8.12. The van der Waals surface area contributed by atoms with E-state index in [0.29, 0.717) is 17.4 Å². The van der Waals surface area contributed by atoms with Crippen LogP contribution in [0.15, 0.2) is 45.9 Å². The molecule has 0 atom stereocenters. The number of aromatic nitrogens is 1. The Morgan fingerprint density at radius 1 is 1.14 bits per heavy atom. The highest BCUT2D eigenvalue weighted by Crippen LogP contribution is 2.26. The van der Waals surface area contributed by atoms with Crippen molar-refractivity contribution in [3.8, 4) is 11.3 Å². The highest BCUT2D eigenvalue weighted by Gasteiger charge is 2.25. The molecule has 0 radical (unpaired) electrons. The fraction of sp³-hybridized carbons (Fsp3) is 0.400. The Balaban J connectivity index is 1.89. The van der Waals surface area contributed by atoms with E-state index in [-0.39, 0.29) is 4.90 Å². The van der Waals surface area contributed by atoms with Crippen molar-refractivity contribution in [3.05, 3.63) is 36.5 Å². The predicted molar refractivity (Wildman–Crippen MR) is 74.4 cm³/mol. The first-order chi connectivity index (χ1) is 10.0. The molecule has 112 valence electrons. The number of hydrogen-bond donors (Lipinski definition) is 0. The van der Waals surface area contributed by atoms with Gasteiger partial charge in [0, 0.05) is 18.4 Å². The van der Waals surface area contributed by atoms with Crippen LogP contribution < -0.4 is 4.74 Å². The van der Waals surface area contributed by atoms with Crippen molar-refractivity contribution in [3.63, 3.8) is 0 Å². The van der Waals surface area contributed by atoms with E-state index in [1.165, 1.54) is 31.4 Å². The summed E-state index contributed by atoms with van der Waals surface area (Å²) in [6.45, 7) is 0. The van der Waals surface area contributed by atoms with Gasteiger partial charge in [-0.3, -0.25) is 0 Å². The molecule has 1 saturated carbocycles. The summed E-state index contributed by atoms with van der Waals surface area (Å²) in [5, 5.41) is 0. The third-order valence-corrected chi connectivity index (χ3v) is 4.75. The Labute approximate surface area is 123 Å². The van der Waals surface area contributed by atoms with Crippen LogP contribution >= 0.6 is 0 Å². The standard InChI is InChI=1S/C15H17NO4S/c17-21(18,19)14-8-4-5-12(11-14)15-9-10-16(20-15)13-6-2-1-3-7-13/h4-5,8-11,13H,1-3,6-7H2. The molecule has 6 heteroatoms. The predicted octanol–water partition coefficient (Wildman–Crippen LogP) is 2.64. The minimum Gasteiger partial charge on any atom is -0.744 e. The zero-order chi connectivity index (χ0) is 14.9. The molecule has 0 spiro atoms. The third kappa shape index (κ3) is 3.16. The average molecular weight is 307 g/mol. The Morgan fingerprint density at radius 3 is 2.62 bits per heavy atom. The molecule has 0 unspecified atom stereocenters. The Morgan fingerprint density at radius 2 is 1.90 bits per heavy atom. The van der Waals surface area contributed by atoms with Gasteiger partial charge in [-0.05, 0) is 29.7 Å². The summed E-state index contributed by atoms with van der Waals surface area (Å²) in [7, 11) is -4.45. The first kappa shape index (κ1) is 14.3. The topological polar surface area (TPSA) is 74.2 Å². The molecule has 1 aromatic carbocycles. The molecule has 0 bridgehead atoms. The van der Waals surface area contributed by atoms with Crippen LogP contribution in [0.25, 0.3) is 11.3 Å². The molecule has 1 aliphatic carbocycles. The fourth-order valence-electron chi connectivity index (χ4n) is 2.80. The highest BCUT2D eigenvalue weighted by atomic mass is 32.2. The van der Waals surface area contributed by atoms with Crippen LogP contribution in [-0.2, 0) is 10.1 Å². The van der Waals surface area contributed by atoms with Gasteiger partial charge >= 0.3 is 0 Å². The van der Waals surface area contributed by atoms with Gasteiger partial charge in [0.05, 0.1) is 11.0 Å². The molecule has 3 rings (SSSR count). The zero-order valence-corrected chi connectivity index (χ0v) is 12.4. The number of nitrogens with zero attached hydrogens (tertiary/aromatic N) is 1. The van der Waals surface area contributed by atoms with E-state index in [1.54, 1.807) is 12.1 Å². The first-order valence-electron chi connectivity index (χ1n) is 7.12. The Hall–Kier alpha value is -1.66. The maximum atomic E-state index is 11.1. The lowest BCUT2D eigenvalue weighted by atomic mass is 9.96. The molecule has 0 saturated heterocycles. The molecular weight excluding hydrogens is 290 g/mol. The van der Waals surface area contributed by atoms with Crippen LogP contribution in [0.5, 0.6) is 0 Å². The molecule has 1 aliphatic rings. The summed E-state index contributed by atoms with van der Waals surface area (Å²) >= 11 is 0. The molecule has 0 aliphatic heterocycles. The number of rotatable bonds is 3. The summed E-state index contributed by atoms with van der Waals surface area (Å²) in [4.78, 5) is -0.236. The molecule has 0 amide bonds. The van der Waals surface area contributed by atoms with Crippen molar-refractivity contribution in [1.29, 1.82) is 0 Å². The van der Waals surface area contributed by atoms with Gasteiger partial charge in [0.1, 0.15) is 10.1 Å². The second kappa shape index (κ2) is 5.61. The van der Waals surface area contributed by atoms with Gasteiger partial charge in [0.25, 0.3) is 0 Å². The van der Waals surface area contributed by atoms with Crippen molar-refractivity contribution in [2.45, 2.75) is 43.0 Å². The quantitative estimate of drug-likeness (QED) is 0.645. The summed E-state index contributed by atoms with van der Waals surface area (Å²) in [6.07, 6.45) is 7.77. The van der Waals surface area contributed by atoms with Gasteiger partial charge in [0.15, 0.2) is 0 Å². The second-order valence-electron chi connectivity index (χ2n) is 5.40. The molecule has 1 fully saturated rings. The van der Waals surface area contributed by atoms with Crippen LogP contribution in [0.2, 0.25) is 0 Å². The van der Waals surface area contributed by atoms with Gasteiger partial charge in [-0.15, -0.1) is 0 Å². The molecule has 1 heterocycles. The van der Waals surface area contributed by atoms with E-state index < -0.39 is 10.1 Å². The van der Waals surface area contributed by atoms with Crippen LogP contribution in [0.1, 0.15) is 38.1 Å². The lowest BCUT2D eigenvalue weighted by Gasteiger charge is -2.13. The first-order valence-corrected chi connectivity index (χ1v) is 8.53. The van der Waals surface area contributed by atoms with Crippen molar-refractivity contribution in [2.75, 3.05) is 0 Å². The van der Waals surface area contributed by atoms with Gasteiger partial charge in [-0.25, -0.2) is 12.9 Å². The maximum Gasteiger partial charge on any atom is 0.220 e. The molecule has 2 aromatic rings. The lowest BCUT2D eigenvalue weighted by Crippen LogP contribution is -2.38. The van der Waals surface area contributed by atoms with E-state index in [0.717, 1.165) is 12.8 Å². The van der Waals surface area contributed by atoms with Crippen LogP contribution in [0, 0.1) is 0 Å². The smallest absolute Gasteiger partial charge is 0.220 e. The van der Waals surface area contributed by atoms with Gasteiger partial charge in [-0.1, -0.05) is 18.6 Å². The lowest BCUT2D eigenvalue weighted by molar-refractivity contribution is -0.882. The largest absolute Gasteiger partial charge is 0.744 e. The Kier molecular flexibility index (Phi) is 3.82. The van der Waals surface area contributed by atoms with Crippen molar-refractivity contribution in [1.82, 2.24) is 0 Å². The van der Waals surface area contributed by atoms with E-state index >= 15 is 0 Å². The zero-order valence-electron chi connectivity index (χ0n) is 11.6. The minimum atomic E-state index is -4.45. The number of benzene rings is 1. The molecular formula is C15H17NO4S. The number of hydrogen-bond acceptors (Lipinski definition) is 4. The average Bonchev–Trinajstić information content (AvgIpc) is 2.97. The van der Waals surface area contributed by atoms with Gasteiger partial charge in [0.2, 0.25) is 18.0 Å². The summed E-state index contributed by atoms with van der Waals surface area (Å²) in [5.74, 6) is 0.575. The molecule has 0 N–H and O–H groups in total. The third-order valence-electron chi connectivity index (χ3n) is 3.92. The summed E-state index contributed by atoms with van der Waals surface area (Å²) in [5.41, 5.74) is 0.599. The fourth-order valence-corrected chi connectivity index (χ4v) is 3.32. The van der Waals surface area contributed by atoms with Gasteiger partial charge in [-0.2, -0.15) is 0 Å². The monoisotopic (exact) mass is 307 g/mol. The van der Waals surface area contributed by atoms with E-state index in [4.69, 9.17) is 4.52 Å². The second-order valence-corrected chi connectivity index (χ2v) is 6.78. The van der Waals surface area contributed by atoms with Crippen molar-refractivity contribution < 1.29 is 22.2 Å². The van der Waals surface area contributed by atoms with E-state index in [1.807, 2.05) is 17.0 Å². The summed E-state index contributed by atoms with van der Waals surface area (Å²) < 4.78 is 40.9. The van der Waals surface area contributed by atoms with E-state index in [2.05, 4.69) is 0 Å². The van der Waals surface area contributed by atoms with Crippen molar-refractivity contribution in [2.24, 2.45) is 0 Å².